The monoisotopic (exact) mass is 424 g/mol. The molecule has 3 aromatic rings. The third-order valence-corrected chi connectivity index (χ3v) is 6.63. The Kier molecular flexibility index (Phi) is 5.47. The van der Waals surface area contributed by atoms with Gasteiger partial charge in [-0.3, -0.25) is 14.5 Å². The van der Waals surface area contributed by atoms with Crippen molar-refractivity contribution < 1.29 is 19.4 Å². The van der Waals surface area contributed by atoms with Gasteiger partial charge in [0.25, 0.3) is 0 Å². The van der Waals surface area contributed by atoms with Gasteiger partial charge in [0, 0.05) is 7.05 Å². The fraction of sp³-hybridized carbons (Fsp3) is 0.348. The Labute approximate surface area is 179 Å². The van der Waals surface area contributed by atoms with Crippen molar-refractivity contribution in [3.8, 4) is 5.75 Å². The molecule has 30 heavy (non-hydrogen) atoms. The zero-order valence-electron chi connectivity index (χ0n) is 17.1. The lowest BCUT2D eigenvalue weighted by atomic mass is 9.80. The number of rotatable bonds is 7. The quantitative estimate of drug-likeness (QED) is 0.611. The number of aromatic nitrogens is 1. The number of hydrogen-bond acceptors (Lipinski definition) is 5. The van der Waals surface area contributed by atoms with E-state index in [4.69, 9.17) is 4.74 Å². The van der Waals surface area contributed by atoms with Crippen molar-refractivity contribution in [3.63, 3.8) is 0 Å². The third-order valence-electron chi connectivity index (χ3n) is 5.53. The first-order valence-electron chi connectivity index (χ1n) is 10.0. The summed E-state index contributed by atoms with van der Waals surface area (Å²) < 4.78 is 6.62. The largest absolute Gasteiger partial charge is 0.494 e. The molecule has 0 bridgehead atoms. The maximum absolute atomic E-state index is 13.6. The Morgan fingerprint density at radius 1 is 1.20 bits per heavy atom. The van der Waals surface area contributed by atoms with E-state index in [0.717, 1.165) is 33.5 Å². The second-order valence-electron chi connectivity index (χ2n) is 7.81. The van der Waals surface area contributed by atoms with Crippen LogP contribution in [0.4, 0.5) is 5.13 Å². The molecule has 0 saturated heterocycles. The van der Waals surface area contributed by atoms with Crippen molar-refractivity contribution in [3.05, 3.63) is 53.6 Å². The molecule has 0 unspecified atom stereocenters. The van der Waals surface area contributed by atoms with Gasteiger partial charge in [-0.2, -0.15) is 0 Å². The number of ether oxygens (including phenoxy) is 1. The number of aliphatic carboxylic acids is 1. The van der Waals surface area contributed by atoms with Crippen molar-refractivity contribution in [1.29, 1.82) is 0 Å². The zero-order valence-corrected chi connectivity index (χ0v) is 17.9. The van der Waals surface area contributed by atoms with Gasteiger partial charge in [-0.1, -0.05) is 42.5 Å². The normalized spacial score (nSPS) is 14.5. The minimum atomic E-state index is -0.989. The van der Waals surface area contributed by atoms with E-state index in [1.807, 2.05) is 42.5 Å². The van der Waals surface area contributed by atoms with Crippen LogP contribution in [0.1, 0.15) is 30.9 Å². The van der Waals surface area contributed by atoms with Gasteiger partial charge in [0.2, 0.25) is 5.91 Å². The lowest BCUT2D eigenvalue weighted by molar-refractivity contribution is -0.144. The number of anilines is 1. The van der Waals surface area contributed by atoms with Gasteiger partial charge in [0.1, 0.15) is 5.75 Å². The van der Waals surface area contributed by atoms with Crippen molar-refractivity contribution in [2.45, 2.75) is 32.6 Å². The van der Waals surface area contributed by atoms with Gasteiger partial charge in [-0.25, -0.2) is 4.98 Å². The van der Waals surface area contributed by atoms with Crippen molar-refractivity contribution in [2.24, 2.45) is 5.41 Å². The summed E-state index contributed by atoms with van der Waals surface area (Å²) in [4.78, 5) is 31.3. The number of carbonyl (C=O) groups is 2. The molecule has 0 atom stereocenters. The van der Waals surface area contributed by atoms with Crippen LogP contribution in [-0.4, -0.2) is 35.6 Å². The number of hydrogen-bond donors (Lipinski definition) is 1. The van der Waals surface area contributed by atoms with Crippen LogP contribution in [-0.2, 0) is 22.4 Å². The highest BCUT2D eigenvalue weighted by molar-refractivity contribution is 7.22. The summed E-state index contributed by atoms with van der Waals surface area (Å²) in [5.74, 6) is -0.392. The average molecular weight is 425 g/mol. The van der Waals surface area contributed by atoms with E-state index in [0.29, 0.717) is 24.6 Å². The van der Waals surface area contributed by atoms with Gasteiger partial charge in [0.15, 0.2) is 5.13 Å². The number of carboxylic acid groups (broad SMARTS) is 1. The van der Waals surface area contributed by atoms with Crippen LogP contribution < -0.4 is 9.64 Å². The van der Waals surface area contributed by atoms with E-state index in [1.165, 1.54) is 16.2 Å². The molecule has 1 heterocycles. The summed E-state index contributed by atoms with van der Waals surface area (Å²) in [5, 5.41) is 10.1. The molecule has 1 N–H and O–H groups in total. The first-order chi connectivity index (χ1) is 14.4. The number of nitrogens with zero attached hydrogens (tertiary/aromatic N) is 2. The molecule has 0 saturated carbocycles. The van der Waals surface area contributed by atoms with Gasteiger partial charge in [-0.15, -0.1) is 0 Å². The molecule has 1 aliphatic rings. The van der Waals surface area contributed by atoms with Gasteiger partial charge in [0.05, 0.1) is 28.7 Å². The summed E-state index contributed by atoms with van der Waals surface area (Å²) in [6.07, 6.45) is 1.58. The lowest BCUT2D eigenvalue weighted by Crippen LogP contribution is -2.44. The lowest BCUT2D eigenvalue weighted by Gasteiger charge is -2.30. The fourth-order valence-electron chi connectivity index (χ4n) is 4.12. The molecular formula is C23H24N2O4S. The van der Waals surface area contributed by atoms with Gasteiger partial charge >= 0.3 is 5.97 Å². The number of benzene rings is 2. The summed E-state index contributed by atoms with van der Waals surface area (Å²) in [6, 6.07) is 13.5. The van der Waals surface area contributed by atoms with Crippen LogP contribution in [0.15, 0.2) is 42.5 Å². The van der Waals surface area contributed by atoms with E-state index in [-0.39, 0.29) is 12.3 Å². The molecular weight excluding hydrogens is 400 g/mol. The first-order valence-corrected chi connectivity index (χ1v) is 10.8. The highest BCUT2D eigenvalue weighted by Gasteiger charge is 2.47. The maximum atomic E-state index is 13.6. The highest BCUT2D eigenvalue weighted by Crippen LogP contribution is 2.42. The molecule has 0 radical (unpaired) electrons. The Balaban J connectivity index is 1.63. The number of thiazole rings is 1. The summed E-state index contributed by atoms with van der Waals surface area (Å²) >= 11 is 1.41. The molecule has 1 amide bonds. The van der Waals surface area contributed by atoms with Gasteiger partial charge in [-0.05, 0) is 48.6 Å². The molecule has 4 rings (SSSR count). The van der Waals surface area contributed by atoms with E-state index < -0.39 is 11.4 Å². The van der Waals surface area contributed by atoms with E-state index >= 15 is 0 Å². The molecule has 156 valence electrons. The predicted molar refractivity (Wildman–Crippen MR) is 117 cm³/mol. The van der Waals surface area contributed by atoms with Crippen molar-refractivity contribution in [2.75, 3.05) is 18.6 Å². The van der Waals surface area contributed by atoms with Crippen molar-refractivity contribution >= 4 is 38.6 Å². The smallest absolute Gasteiger partial charge is 0.304 e. The average Bonchev–Trinajstić information content (AvgIpc) is 3.31. The maximum Gasteiger partial charge on any atom is 0.304 e. The molecule has 1 aliphatic carbocycles. The van der Waals surface area contributed by atoms with E-state index in [1.54, 1.807) is 7.05 Å². The fourth-order valence-corrected chi connectivity index (χ4v) is 5.08. The molecule has 7 heteroatoms. The molecule has 0 spiro atoms. The molecule has 1 aromatic heterocycles. The predicted octanol–water partition coefficient (Wildman–Crippen LogP) is 4.31. The topological polar surface area (TPSA) is 79.7 Å². The summed E-state index contributed by atoms with van der Waals surface area (Å²) in [5.41, 5.74) is 1.89. The third kappa shape index (κ3) is 3.77. The first kappa shape index (κ1) is 20.3. The Morgan fingerprint density at radius 2 is 1.90 bits per heavy atom. The van der Waals surface area contributed by atoms with Crippen LogP contribution in [0.2, 0.25) is 0 Å². The number of carboxylic acids is 1. The summed E-state index contributed by atoms with van der Waals surface area (Å²) in [6.45, 7) is 2.70. The second kappa shape index (κ2) is 8.07. The SMILES string of the molecule is CCCOc1ccc2nc(N(C)C(=O)C3(CC(=O)O)Cc4ccccc4C3)sc2c1. The van der Waals surface area contributed by atoms with Crippen LogP contribution in [0, 0.1) is 5.41 Å². The number of carbonyl (C=O) groups excluding carboxylic acids is 1. The Hall–Kier alpha value is -2.93. The van der Waals surface area contributed by atoms with Crippen LogP contribution in [0.25, 0.3) is 10.2 Å². The Morgan fingerprint density at radius 3 is 2.53 bits per heavy atom. The zero-order chi connectivity index (χ0) is 21.3. The molecule has 6 nitrogen and oxygen atoms in total. The van der Waals surface area contributed by atoms with Crippen LogP contribution >= 0.6 is 11.3 Å². The molecule has 0 fully saturated rings. The van der Waals surface area contributed by atoms with Crippen molar-refractivity contribution in [1.82, 2.24) is 4.98 Å². The van der Waals surface area contributed by atoms with E-state index in [2.05, 4.69) is 11.9 Å². The molecule has 2 aromatic carbocycles. The standard InChI is InChI=1S/C23H24N2O4S/c1-3-10-29-17-8-9-18-19(11-17)30-22(24-18)25(2)21(28)23(14-20(26)27)12-15-6-4-5-7-16(15)13-23/h4-9,11H,3,10,12-14H2,1-2H3,(H,26,27). The molecule has 0 aliphatic heterocycles. The van der Waals surface area contributed by atoms with E-state index in [9.17, 15) is 14.7 Å². The Bertz CT molecular complexity index is 1080. The number of fused-ring (bicyclic) bond motifs is 2. The second-order valence-corrected chi connectivity index (χ2v) is 8.82. The number of amides is 1. The van der Waals surface area contributed by atoms with Gasteiger partial charge < -0.3 is 9.84 Å². The summed E-state index contributed by atoms with van der Waals surface area (Å²) in [7, 11) is 1.68. The highest BCUT2D eigenvalue weighted by atomic mass is 32.1. The van der Waals surface area contributed by atoms with Crippen LogP contribution in [0.5, 0.6) is 5.75 Å². The van der Waals surface area contributed by atoms with Crippen LogP contribution in [0.3, 0.4) is 0 Å². The minimum absolute atomic E-state index is 0.204. The minimum Gasteiger partial charge on any atom is -0.494 e.